The van der Waals surface area contributed by atoms with Crippen molar-refractivity contribution in [3.05, 3.63) is 24.0 Å². The van der Waals surface area contributed by atoms with Crippen LogP contribution < -0.4 is 5.32 Å². The van der Waals surface area contributed by atoms with Gasteiger partial charge in [0.05, 0.1) is 11.4 Å². The molecule has 80 valence electrons. The van der Waals surface area contributed by atoms with E-state index < -0.39 is 0 Å². The lowest BCUT2D eigenvalue weighted by Crippen LogP contribution is -2.13. The lowest BCUT2D eigenvalue weighted by Gasteiger charge is -2.06. The molecule has 0 unspecified atom stereocenters. The van der Waals surface area contributed by atoms with E-state index in [1.165, 1.54) is 6.92 Å². The van der Waals surface area contributed by atoms with E-state index in [-0.39, 0.29) is 24.5 Å². The van der Waals surface area contributed by atoms with Crippen LogP contribution in [-0.4, -0.2) is 16.7 Å². The summed E-state index contributed by atoms with van der Waals surface area (Å²) < 4.78 is 0. The van der Waals surface area contributed by atoms with Gasteiger partial charge in [0, 0.05) is 19.0 Å². The zero-order chi connectivity index (χ0) is 11.3. The summed E-state index contributed by atoms with van der Waals surface area (Å²) in [6.45, 7) is 3.29. The molecule has 0 saturated carbocycles. The summed E-state index contributed by atoms with van der Waals surface area (Å²) in [5, 5.41) is 2.71. The highest BCUT2D eigenvalue weighted by atomic mass is 16.2. The average Bonchev–Trinajstić information content (AvgIpc) is 2.18. The lowest BCUT2D eigenvalue weighted by molar-refractivity contribution is -0.121. The molecule has 0 aromatic carbocycles. The van der Waals surface area contributed by atoms with E-state index in [0.29, 0.717) is 5.69 Å². The van der Waals surface area contributed by atoms with Crippen LogP contribution in [0.25, 0.3) is 0 Å². The molecule has 4 nitrogen and oxygen atoms in total. The van der Waals surface area contributed by atoms with Crippen molar-refractivity contribution in [1.29, 1.82) is 0 Å². The largest absolute Gasteiger partial charge is 0.324 e. The van der Waals surface area contributed by atoms with Crippen molar-refractivity contribution in [3.8, 4) is 0 Å². The number of carbonyl (C=O) groups is 2. The van der Waals surface area contributed by atoms with Crippen molar-refractivity contribution in [2.24, 2.45) is 0 Å². The van der Waals surface area contributed by atoms with Crippen LogP contribution in [0.2, 0.25) is 0 Å². The topological polar surface area (TPSA) is 59.1 Å². The summed E-state index contributed by atoms with van der Waals surface area (Å²) in [5.41, 5.74) is 1.47. The standard InChI is InChI=1S/C11H14N2O2/c1-8(14)5-6-11(15)13-10-4-3-7-12-9(10)2/h3-4,7H,5-6H2,1-2H3,(H,13,15). The summed E-state index contributed by atoms with van der Waals surface area (Å²) in [7, 11) is 0. The number of amides is 1. The summed E-state index contributed by atoms with van der Waals surface area (Å²) in [4.78, 5) is 26.1. The second-order valence-electron chi connectivity index (χ2n) is 3.39. The fourth-order valence-corrected chi connectivity index (χ4v) is 1.12. The van der Waals surface area contributed by atoms with Gasteiger partial charge in [0.25, 0.3) is 0 Å². The predicted molar refractivity (Wildman–Crippen MR) is 57.5 cm³/mol. The normalized spacial score (nSPS) is 9.73. The Morgan fingerprint density at radius 1 is 1.40 bits per heavy atom. The molecule has 0 aliphatic carbocycles. The molecule has 1 amide bonds. The molecule has 1 N–H and O–H groups in total. The highest BCUT2D eigenvalue weighted by Gasteiger charge is 2.05. The molecular formula is C11H14N2O2. The number of aromatic nitrogens is 1. The summed E-state index contributed by atoms with van der Waals surface area (Å²) in [6.07, 6.45) is 2.18. The Labute approximate surface area is 88.7 Å². The maximum atomic E-state index is 11.4. The first-order chi connectivity index (χ1) is 7.09. The Morgan fingerprint density at radius 2 is 2.13 bits per heavy atom. The van der Waals surface area contributed by atoms with Crippen molar-refractivity contribution in [2.75, 3.05) is 5.32 Å². The zero-order valence-corrected chi connectivity index (χ0v) is 8.91. The smallest absolute Gasteiger partial charge is 0.224 e. The minimum Gasteiger partial charge on any atom is -0.324 e. The Hall–Kier alpha value is -1.71. The number of ketones is 1. The van der Waals surface area contributed by atoms with E-state index in [0.717, 1.165) is 5.69 Å². The van der Waals surface area contributed by atoms with Crippen LogP contribution in [-0.2, 0) is 9.59 Å². The van der Waals surface area contributed by atoms with E-state index in [4.69, 9.17) is 0 Å². The van der Waals surface area contributed by atoms with Gasteiger partial charge in [0.2, 0.25) is 5.91 Å². The van der Waals surface area contributed by atoms with Crippen LogP contribution in [0.3, 0.4) is 0 Å². The quantitative estimate of drug-likeness (QED) is 0.815. The van der Waals surface area contributed by atoms with Gasteiger partial charge in [0.1, 0.15) is 5.78 Å². The molecule has 0 radical (unpaired) electrons. The number of anilines is 1. The molecule has 1 aromatic heterocycles. The summed E-state index contributed by atoms with van der Waals surface area (Å²) >= 11 is 0. The van der Waals surface area contributed by atoms with Gasteiger partial charge < -0.3 is 10.1 Å². The van der Waals surface area contributed by atoms with Gasteiger partial charge >= 0.3 is 0 Å². The molecule has 1 rings (SSSR count). The molecule has 0 atom stereocenters. The van der Waals surface area contributed by atoms with E-state index in [9.17, 15) is 9.59 Å². The van der Waals surface area contributed by atoms with Crippen LogP contribution in [0.15, 0.2) is 18.3 Å². The number of rotatable bonds is 4. The number of hydrogen-bond donors (Lipinski definition) is 1. The second-order valence-corrected chi connectivity index (χ2v) is 3.39. The fraction of sp³-hybridized carbons (Fsp3) is 0.364. The Bertz CT molecular complexity index is 375. The van der Waals surface area contributed by atoms with Crippen molar-refractivity contribution in [1.82, 2.24) is 4.98 Å². The van der Waals surface area contributed by atoms with Gasteiger partial charge in [-0.15, -0.1) is 0 Å². The van der Waals surface area contributed by atoms with Crippen molar-refractivity contribution < 1.29 is 9.59 Å². The first-order valence-corrected chi connectivity index (χ1v) is 4.80. The Kier molecular flexibility index (Phi) is 3.97. The zero-order valence-electron chi connectivity index (χ0n) is 8.91. The molecule has 0 aliphatic heterocycles. The minimum atomic E-state index is -0.152. The molecule has 0 bridgehead atoms. The lowest BCUT2D eigenvalue weighted by atomic mass is 10.2. The van der Waals surface area contributed by atoms with Crippen LogP contribution in [0.4, 0.5) is 5.69 Å². The third-order valence-electron chi connectivity index (χ3n) is 1.99. The molecule has 1 heterocycles. The number of hydrogen-bond acceptors (Lipinski definition) is 3. The van der Waals surface area contributed by atoms with Gasteiger partial charge in [-0.1, -0.05) is 0 Å². The predicted octanol–water partition coefficient (Wildman–Crippen LogP) is 1.70. The minimum absolute atomic E-state index is 0.0214. The molecule has 0 fully saturated rings. The number of aryl methyl sites for hydroxylation is 1. The van der Waals surface area contributed by atoms with E-state index in [2.05, 4.69) is 10.3 Å². The van der Waals surface area contributed by atoms with Gasteiger partial charge in [-0.2, -0.15) is 0 Å². The van der Waals surface area contributed by atoms with Gasteiger partial charge in [-0.05, 0) is 26.0 Å². The van der Waals surface area contributed by atoms with Crippen LogP contribution in [0.1, 0.15) is 25.5 Å². The van der Waals surface area contributed by atoms with Gasteiger partial charge in [-0.25, -0.2) is 0 Å². The van der Waals surface area contributed by atoms with Crippen molar-refractivity contribution >= 4 is 17.4 Å². The second kappa shape index (κ2) is 5.24. The molecule has 0 saturated heterocycles. The molecule has 15 heavy (non-hydrogen) atoms. The maximum absolute atomic E-state index is 11.4. The van der Waals surface area contributed by atoms with Crippen molar-refractivity contribution in [2.45, 2.75) is 26.7 Å². The number of nitrogens with one attached hydrogen (secondary N) is 1. The molecule has 0 aliphatic rings. The number of carbonyl (C=O) groups excluding carboxylic acids is 2. The molecular weight excluding hydrogens is 192 g/mol. The third-order valence-corrected chi connectivity index (χ3v) is 1.99. The van der Waals surface area contributed by atoms with Crippen LogP contribution >= 0.6 is 0 Å². The average molecular weight is 206 g/mol. The molecule has 0 spiro atoms. The van der Waals surface area contributed by atoms with Crippen LogP contribution in [0, 0.1) is 6.92 Å². The van der Waals surface area contributed by atoms with Crippen molar-refractivity contribution in [3.63, 3.8) is 0 Å². The number of nitrogens with zero attached hydrogens (tertiary/aromatic N) is 1. The molecule has 1 aromatic rings. The summed E-state index contributed by atoms with van der Waals surface area (Å²) in [6, 6.07) is 3.54. The monoisotopic (exact) mass is 206 g/mol. The first kappa shape index (κ1) is 11.4. The Balaban J connectivity index is 2.52. The Morgan fingerprint density at radius 3 is 2.73 bits per heavy atom. The SMILES string of the molecule is CC(=O)CCC(=O)Nc1cccnc1C. The number of Topliss-reactive ketones (excluding diaryl/α,β-unsaturated/α-hetero) is 1. The van der Waals surface area contributed by atoms with Gasteiger partial charge in [-0.3, -0.25) is 9.78 Å². The summed E-state index contributed by atoms with van der Waals surface area (Å²) in [5.74, 6) is -0.130. The highest BCUT2D eigenvalue weighted by molar-refractivity contribution is 5.93. The fourth-order valence-electron chi connectivity index (χ4n) is 1.12. The maximum Gasteiger partial charge on any atom is 0.224 e. The highest BCUT2D eigenvalue weighted by Crippen LogP contribution is 2.10. The van der Waals surface area contributed by atoms with Crippen LogP contribution in [0.5, 0.6) is 0 Å². The van der Waals surface area contributed by atoms with Gasteiger partial charge in [0.15, 0.2) is 0 Å². The number of pyridine rings is 1. The first-order valence-electron chi connectivity index (χ1n) is 4.80. The van der Waals surface area contributed by atoms with E-state index in [1.54, 1.807) is 18.3 Å². The third kappa shape index (κ3) is 3.89. The molecule has 4 heteroatoms. The van der Waals surface area contributed by atoms with E-state index in [1.807, 2.05) is 6.92 Å². The van der Waals surface area contributed by atoms with E-state index >= 15 is 0 Å².